The number of nitrogens with one attached hydrogen (secondary N) is 2. The summed E-state index contributed by atoms with van der Waals surface area (Å²) in [5.74, 6) is -0.262. The number of hydrogen-bond acceptors (Lipinski definition) is 5. The van der Waals surface area contributed by atoms with E-state index in [4.69, 9.17) is 0 Å². The lowest BCUT2D eigenvalue weighted by molar-refractivity contribution is -0.139. The van der Waals surface area contributed by atoms with E-state index in [9.17, 15) is 14.4 Å². The number of amides is 4. The van der Waals surface area contributed by atoms with Crippen molar-refractivity contribution in [1.82, 2.24) is 30.5 Å². The molecule has 3 atom stereocenters. The molecule has 1 aliphatic heterocycles. The van der Waals surface area contributed by atoms with Gasteiger partial charge >= 0.3 is 6.03 Å². The highest BCUT2D eigenvalue weighted by Crippen LogP contribution is 2.42. The Labute approximate surface area is 186 Å². The number of carbonyl (C=O) groups is 3. The van der Waals surface area contributed by atoms with Crippen LogP contribution in [0, 0.1) is 5.92 Å². The molecular formula is C23H28N6O3. The van der Waals surface area contributed by atoms with E-state index in [-0.39, 0.29) is 24.3 Å². The molecule has 1 saturated heterocycles. The van der Waals surface area contributed by atoms with Crippen molar-refractivity contribution in [2.45, 2.75) is 63.1 Å². The van der Waals surface area contributed by atoms with Gasteiger partial charge in [0.15, 0.2) is 0 Å². The summed E-state index contributed by atoms with van der Waals surface area (Å²) in [4.78, 5) is 41.4. The highest BCUT2D eigenvalue weighted by molar-refractivity contribution is 6.10. The molecule has 1 spiro atoms. The molecular weight excluding hydrogens is 408 g/mol. The first-order valence-electron chi connectivity index (χ1n) is 11.3. The lowest BCUT2D eigenvalue weighted by atomic mass is 9.80. The molecule has 1 aromatic heterocycles. The van der Waals surface area contributed by atoms with Gasteiger partial charge in [-0.1, -0.05) is 35.9 Å². The number of fused-ring (bicyclic) bond motifs is 2. The summed E-state index contributed by atoms with van der Waals surface area (Å²) in [5.41, 5.74) is 1.32. The van der Waals surface area contributed by atoms with Gasteiger partial charge in [-0.05, 0) is 49.7 Å². The molecule has 168 valence electrons. The fourth-order valence-corrected chi connectivity index (χ4v) is 5.21. The van der Waals surface area contributed by atoms with Crippen LogP contribution >= 0.6 is 0 Å². The van der Waals surface area contributed by atoms with E-state index in [1.165, 1.54) is 6.42 Å². The molecule has 2 aliphatic carbocycles. The summed E-state index contributed by atoms with van der Waals surface area (Å²) in [7, 11) is 1.74. The van der Waals surface area contributed by atoms with Crippen LogP contribution in [0.3, 0.4) is 0 Å². The number of imide groups is 1. The topological polar surface area (TPSA) is 109 Å². The second kappa shape index (κ2) is 7.72. The molecule has 9 heteroatoms. The molecule has 1 aromatic carbocycles. The third kappa shape index (κ3) is 3.27. The van der Waals surface area contributed by atoms with E-state index >= 15 is 0 Å². The van der Waals surface area contributed by atoms with Crippen LogP contribution < -0.4 is 10.6 Å². The highest BCUT2D eigenvalue weighted by Gasteiger charge is 2.57. The van der Waals surface area contributed by atoms with E-state index in [2.05, 4.69) is 20.9 Å². The Balaban J connectivity index is 1.46. The van der Waals surface area contributed by atoms with E-state index in [1.54, 1.807) is 17.9 Å². The predicted octanol–water partition coefficient (Wildman–Crippen LogP) is 1.42. The van der Waals surface area contributed by atoms with Gasteiger partial charge in [0.2, 0.25) is 5.91 Å². The Hall–Kier alpha value is -3.23. The minimum atomic E-state index is -1.10. The number of rotatable bonds is 6. The van der Waals surface area contributed by atoms with Gasteiger partial charge in [0.1, 0.15) is 11.6 Å². The van der Waals surface area contributed by atoms with Crippen LogP contribution in [0.1, 0.15) is 49.4 Å². The van der Waals surface area contributed by atoms with Gasteiger partial charge < -0.3 is 10.6 Å². The van der Waals surface area contributed by atoms with Crippen molar-refractivity contribution < 1.29 is 14.4 Å². The SMILES string of the molecule is C[C@H](NC(=O)C(Cc1cn(C)nn1)N1C(=O)N[C@]2(CCc3ccccc32)C1=O)C1CCC1. The molecule has 5 rings (SSSR count). The zero-order valence-corrected chi connectivity index (χ0v) is 18.4. The third-order valence-corrected chi connectivity index (χ3v) is 7.26. The van der Waals surface area contributed by atoms with Crippen LogP contribution in [0.4, 0.5) is 4.79 Å². The maximum Gasteiger partial charge on any atom is 0.326 e. The van der Waals surface area contributed by atoms with Crippen LogP contribution in [0.2, 0.25) is 0 Å². The van der Waals surface area contributed by atoms with Crippen molar-refractivity contribution in [3.63, 3.8) is 0 Å². The second-order valence-corrected chi connectivity index (χ2v) is 9.26. The minimum Gasteiger partial charge on any atom is -0.352 e. The number of hydrogen-bond donors (Lipinski definition) is 2. The minimum absolute atomic E-state index is 0.0115. The van der Waals surface area contributed by atoms with Crippen LogP contribution in [0.25, 0.3) is 0 Å². The van der Waals surface area contributed by atoms with Crippen molar-refractivity contribution in [3.8, 4) is 0 Å². The lowest BCUT2D eigenvalue weighted by Gasteiger charge is -2.34. The Morgan fingerprint density at radius 1 is 1.31 bits per heavy atom. The van der Waals surface area contributed by atoms with Crippen LogP contribution in [0.5, 0.6) is 0 Å². The average molecular weight is 437 g/mol. The maximum atomic E-state index is 13.8. The van der Waals surface area contributed by atoms with Gasteiger partial charge in [0.05, 0.1) is 5.69 Å². The van der Waals surface area contributed by atoms with Gasteiger partial charge in [0.25, 0.3) is 5.91 Å². The molecule has 3 aliphatic rings. The summed E-state index contributed by atoms with van der Waals surface area (Å²) in [6, 6.07) is 6.14. The summed E-state index contributed by atoms with van der Waals surface area (Å²) in [6.45, 7) is 1.99. The van der Waals surface area contributed by atoms with Crippen LogP contribution in [0.15, 0.2) is 30.5 Å². The Morgan fingerprint density at radius 2 is 2.09 bits per heavy atom. The van der Waals surface area contributed by atoms with Gasteiger partial charge in [-0.15, -0.1) is 5.10 Å². The normalized spacial score (nSPS) is 24.2. The standard InChI is InChI=1S/C23H28N6O3/c1-14(15-7-5-8-15)24-20(30)19(12-17-13-28(2)27-26-17)29-21(31)23(25-22(29)32)11-10-16-6-3-4-9-18(16)23/h3-4,6,9,13-15,19H,5,7-8,10-12H2,1-2H3,(H,24,30)(H,25,32)/t14-,19?,23-/m0/s1. The first-order chi connectivity index (χ1) is 15.4. The van der Waals surface area contributed by atoms with Crippen molar-refractivity contribution >= 4 is 17.8 Å². The lowest BCUT2D eigenvalue weighted by Crippen LogP contribution is -2.54. The number of aromatic nitrogens is 3. The number of aryl methyl sites for hydroxylation is 2. The number of urea groups is 1. The molecule has 32 heavy (non-hydrogen) atoms. The Kier molecular flexibility index (Phi) is 4.98. The van der Waals surface area contributed by atoms with Crippen molar-refractivity contribution in [3.05, 3.63) is 47.3 Å². The number of carbonyl (C=O) groups excluding carboxylic acids is 3. The van der Waals surface area contributed by atoms with Crippen LogP contribution in [-0.4, -0.2) is 49.8 Å². The smallest absolute Gasteiger partial charge is 0.326 e. The third-order valence-electron chi connectivity index (χ3n) is 7.26. The first kappa shape index (κ1) is 20.7. The van der Waals surface area contributed by atoms with Crippen molar-refractivity contribution in [2.24, 2.45) is 13.0 Å². The van der Waals surface area contributed by atoms with Gasteiger partial charge in [-0.2, -0.15) is 0 Å². The molecule has 1 unspecified atom stereocenters. The largest absolute Gasteiger partial charge is 0.352 e. The van der Waals surface area contributed by atoms with Gasteiger partial charge in [-0.25, -0.2) is 9.69 Å². The molecule has 9 nitrogen and oxygen atoms in total. The molecule has 0 radical (unpaired) electrons. The fraction of sp³-hybridized carbons (Fsp3) is 0.522. The average Bonchev–Trinajstić information content (AvgIpc) is 3.36. The summed E-state index contributed by atoms with van der Waals surface area (Å²) >= 11 is 0. The van der Waals surface area contributed by atoms with Gasteiger partial charge in [-0.3, -0.25) is 14.3 Å². The summed E-state index contributed by atoms with van der Waals surface area (Å²) in [6.07, 6.45) is 6.35. The van der Waals surface area contributed by atoms with E-state index < -0.39 is 17.6 Å². The number of nitrogens with zero attached hydrogens (tertiary/aromatic N) is 4. The highest BCUT2D eigenvalue weighted by atomic mass is 16.2. The zero-order chi connectivity index (χ0) is 22.5. The molecule has 0 bridgehead atoms. The van der Waals surface area contributed by atoms with Crippen LogP contribution in [-0.2, 0) is 35.0 Å². The maximum absolute atomic E-state index is 13.8. The van der Waals surface area contributed by atoms with E-state index in [0.29, 0.717) is 24.5 Å². The Morgan fingerprint density at radius 3 is 2.78 bits per heavy atom. The molecule has 1 saturated carbocycles. The molecule has 4 amide bonds. The molecule has 2 fully saturated rings. The fourth-order valence-electron chi connectivity index (χ4n) is 5.21. The van der Waals surface area contributed by atoms with Crippen molar-refractivity contribution in [2.75, 3.05) is 0 Å². The quantitative estimate of drug-likeness (QED) is 0.666. The molecule has 2 heterocycles. The Bertz CT molecular complexity index is 1080. The van der Waals surface area contributed by atoms with E-state index in [0.717, 1.165) is 28.9 Å². The predicted molar refractivity (Wildman–Crippen MR) is 115 cm³/mol. The van der Waals surface area contributed by atoms with E-state index in [1.807, 2.05) is 31.2 Å². The van der Waals surface area contributed by atoms with Gasteiger partial charge in [0, 0.05) is 25.7 Å². The zero-order valence-electron chi connectivity index (χ0n) is 18.4. The second-order valence-electron chi connectivity index (χ2n) is 9.26. The molecule has 2 aromatic rings. The summed E-state index contributed by atoms with van der Waals surface area (Å²) in [5, 5.41) is 14.0. The monoisotopic (exact) mass is 436 g/mol. The molecule has 2 N–H and O–H groups in total. The van der Waals surface area contributed by atoms with Crippen molar-refractivity contribution in [1.29, 1.82) is 0 Å². The summed E-state index contributed by atoms with van der Waals surface area (Å²) < 4.78 is 1.54. The first-order valence-corrected chi connectivity index (χ1v) is 11.3. The number of benzene rings is 1.